The summed E-state index contributed by atoms with van der Waals surface area (Å²) >= 11 is 0. The van der Waals surface area contributed by atoms with Crippen molar-refractivity contribution >= 4 is 22.8 Å². The van der Waals surface area contributed by atoms with Gasteiger partial charge in [0.25, 0.3) is 19.6 Å². The van der Waals surface area contributed by atoms with Gasteiger partial charge in [-0.1, -0.05) is 0 Å². The van der Waals surface area contributed by atoms with Gasteiger partial charge in [-0.15, -0.1) is 0 Å². The number of aromatic nitrogens is 4. The lowest BCUT2D eigenvalue weighted by molar-refractivity contribution is -0.0542. The topological polar surface area (TPSA) is 227 Å². The number of nitrogens with one attached hydrogen (secondary N) is 2. The molecule has 3 N–H and O–H groups in total. The van der Waals surface area contributed by atoms with E-state index >= 15 is 0 Å². The highest BCUT2D eigenvalue weighted by atomic mass is 31.2. The molecule has 334 valence electrons. The van der Waals surface area contributed by atoms with E-state index in [0.717, 1.165) is 0 Å². The lowest BCUT2D eigenvalue weighted by Gasteiger charge is -2.38. The second kappa shape index (κ2) is 22.0. The summed E-state index contributed by atoms with van der Waals surface area (Å²) in [6, 6.07) is 0.190. The van der Waals surface area contributed by atoms with Crippen molar-refractivity contribution in [2.45, 2.75) is 116 Å². The summed E-state index contributed by atoms with van der Waals surface area (Å²) in [5, 5.41) is 10.4. The second-order valence-corrected chi connectivity index (χ2v) is 24.8. The fraction of sp³-hybridized carbons (Fsp3) is 0.757. The largest absolute Gasteiger partial charge is 0.388 e. The molecule has 2 aromatic rings. The number of hydrogen-bond acceptors (Lipinski definition) is 14. The number of ether oxygens (including phenoxy) is 4. The molecule has 4 rings (SSSR count). The van der Waals surface area contributed by atoms with Crippen LogP contribution < -0.4 is 22.5 Å². The Balaban J connectivity index is 0.000000347. The van der Waals surface area contributed by atoms with Crippen molar-refractivity contribution in [2.75, 3.05) is 66.4 Å². The Hall–Kier alpha value is -2.58. The first kappa shape index (κ1) is 50.8. The van der Waals surface area contributed by atoms with Crippen molar-refractivity contribution in [1.82, 2.24) is 23.8 Å². The molecule has 2 fully saturated rings. The minimum absolute atomic E-state index is 0.0950. The van der Waals surface area contributed by atoms with Crippen molar-refractivity contribution in [3.63, 3.8) is 0 Å². The van der Waals surface area contributed by atoms with E-state index in [9.17, 15) is 33.4 Å². The number of hydrogen-bond donors (Lipinski definition) is 3. The number of aryl methyl sites for hydroxylation is 2. The maximum atomic E-state index is 12.7. The van der Waals surface area contributed by atoms with E-state index < -0.39 is 94.4 Å². The smallest absolute Gasteiger partial charge is 0.330 e. The van der Waals surface area contributed by atoms with Gasteiger partial charge in [-0.25, -0.2) is 20.8 Å². The van der Waals surface area contributed by atoms with Crippen LogP contribution in [0.5, 0.6) is 0 Å². The molecule has 2 aliphatic rings. The first-order valence-electron chi connectivity index (χ1n) is 19.4. The highest BCUT2D eigenvalue weighted by molar-refractivity contribution is 7.62. The third-order valence-corrected chi connectivity index (χ3v) is 14.5. The molecule has 9 atom stereocenters. The Kier molecular flexibility index (Phi) is 18.9. The number of aliphatic hydroxyl groups is 1. The molecule has 0 amide bonds. The zero-order valence-electron chi connectivity index (χ0n) is 36.1. The molecule has 0 saturated carbocycles. The van der Waals surface area contributed by atoms with Crippen LogP contribution in [0.4, 0.5) is 0 Å². The molecule has 2 aliphatic heterocycles. The quantitative estimate of drug-likeness (QED) is 0.111. The summed E-state index contributed by atoms with van der Waals surface area (Å²) in [6.07, 6.45) is -1.38. The van der Waals surface area contributed by atoms with Gasteiger partial charge in [-0.3, -0.25) is 28.7 Å². The molecule has 2 saturated heterocycles. The van der Waals surface area contributed by atoms with Crippen LogP contribution in [-0.2, 0) is 37.1 Å². The number of nitrogens with zero attached hydrogens (tertiary/aromatic N) is 4. The van der Waals surface area contributed by atoms with E-state index in [2.05, 4.69) is 19.5 Å². The Morgan fingerprint density at radius 2 is 1.25 bits per heavy atom. The fourth-order valence-electron chi connectivity index (χ4n) is 6.80. The lowest BCUT2D eigenvalue weighted by Crippen LogP contribution is -2.41. The normalized spacial score (nSPS) is 25.3. The van der Waals surface area contributed by atoms with Crippen molar-refractivity contribution in [3.8, 4) is 0 Å². The molecular weight excluding hydrogens is 829 g/mol. The average Bonchev–Trinajstić information content (AvgIpc) is 3.64. The van der Waals surface area contributed by atoms with Gasteiger partial charge >= 0.3 is 11.4 Å². The molecule has 0 aliphatic carbocycles. The SMILES string of the molecule is CO[C@@H]1[C@H](O)[C@@H](CCP(C)(C)=O)O[C@H]1n1cc(C)c(=O)[nH]c1=O.[C-]#[N+]CCOP(O[C@H]1[C@@H](OC)[C@H](n2cc(C)c(=O)[nH]c2=O)O[C@@H]1CCP(C)(C)=O)N(C(C)C)C(C)C. The Bertz CT molecular complexity index is 2060. The fourth-order valence-corrected chi connectivity index (χ4v) is 10.3. The Labute approximate surface area is 346 Å². The van der Waals surface area contributed by atoms with Gasteiger partial charge in [0.05, 0.1) is 26.5 Å². The van der Waals surface area contributed by atoms with Crippen molar-refractivity contribution < 1.29 is 42.2 Å². The van der Waals surface area contributed by atoms with E-state index in [4.69, 9.17) is 34.6 Å². The maximum absolute atomic E-state index is 12.7. The van der Waals surface area contributed by atoms with Gasteiger partial charge in [-0.05, 0) is 81.0 Å². The van der Waals surface area contributed by atoms with Gasteiger partial charge < -0.3 is 47.1 Å². The highest BCUT2D eigenvalue weighted by Gasteiger charge is 2.50. The van der Waals surface area contributed by atoms with Crippen molar-refractivity contribution in [3.05, 3.63) is 76.6 Å². The number of aromatic amines is 2. The monoisotopic (exact) mass is 892 g/mol. The number of rotatable bonds is 18. The minimum Gasteiger partial charge on any atom is -0.388 e. The molecule has 22 heteroatoms. The predicted molar refractivity (Wildman–Crippen MR) is 227 cm³/mol. The predicted octanol–water partition coefficient (Wildman–Crippen LogP) is 3.57. The van der Waals surface area contributed by atoms with E-state index in [1.807, 2.05) is 27.7 Å². The minimum atomic E-state index is -2.36. The molecule has 0 spiro atoms. The Morgan fingerprint density at radius 3 is 1.68 bits per heavy atom. The second-order valence-electron chi connectivity index (χ2n) is 16.2. The molecule has 0 aromatic carbocycles. The van der Waals surface area contributed by atoms with Crippen LogP contribution >= 0.6 is 22.8 Å². The molecular formula is C37H63N6O13P3. The van der Waals surface area contributed by atoms with Gasteiger partial charge in [0, 0.05) is 62.1 Å². The summed E-state index contributed by atoms with van der Waals surface area (Å²) in [5.74, 6) is 0. The molecule has 19 nitrogen and oxygen atoms in total. The standard InChI is InChI=1S/C23H40N4O7P2.C14H23N2O6P/c1-15(2)27(16(3)4)35(32-12-11-24-6)34-19-18(10-13-36(8,9)30)33-22(20(19)31-7)26-14-17(5)21(28)25-23(26)29;1-8-7-16(14(19)15-12(8)18)13-11(21-2)10(17)9(22-13)5-6-23(3,4)20/h14-16,18-20,22H,10-13H2,1-5,7-9H3,(H,25,28,29);7,9-11,13,17H,5-6H2,1-4H3,(H,15,18,19)/t18-,19-,20-,22-,35?;9-,10-,11-,13-/m11/s1. The molecule has 1 unspecified atom stereocenters. The highest BCUT2D eigenvalue weighted by Crippen LogP contribution is 2.51. The zero-order chi connectivity index (χ0) is 44.6. The van der Waals surface area contributed by atoms with Gasteiger partial charge in [0.1, 0.15) is 31.0 Å². The first-order valence-corrected chi connectivity index (χ1v) is 26.1. The third kappa shape index (κ3) is 14.0. The van der Waals surface area contributed by atoms with Gasteiger partial charge in [0.15, 0.2) is 12.5 Å². The third-order valence-electron chi connectivity index (χ3n) is 9.75. The van der Waals surface area contributed by atoms with E-state index in [1.54, 1.807) is 40.5 Å². The van der Waals surface area contributed by atoms with E-state index in [0.29, 0.717) is 36.3 Å². The molecule has 59 heavy (non-hydrogen) atoms. The van der Waals surface area contributed by atoms with E-state index in [-0.39, 0.29) is 25.2 Å². The van der Waals surface area contributed by atoms with Crippen LogP contribution in [0.3, 0.4) is 0 Å². The van der Waals surface area contributed by atoms with Gasteiger partial charge in [0.2, 0.25) is 6.54 Å². The summed E-state index contributed by atoms with van der Waals surface area (Å²) in [5.41, 5.74) is -1.46. The van der Waals surface area contributed by atoms with Gasteiger partial charge in [-0.2, -0.15) is 0 Å². The summed E-state index contributed by atoms with van der Waals surface area (Å²) in [7, 11) is -3.28. The summed E-state index contributed by atoms with van der Waals surface area (Å²) in [6.45, 7) is 25.7. The van der Waals surface area contributed by atoms with Crippen molar-refractivity contribution in [1.29, 1.82) is 0 Å². The molecule has 4 heterocycles. The number of aliphatic hydroxyl groups excluding tert-OH is 1. The maximum Gasteiger partial charge on any atom is 0.330 e. The molecule has 0 bridgehead atoms. The zero-order valence-corrected chi connectivity index (χ0v) is 38.8. The van der Waals surface area contributed by atoms with Crippen LogP contribution in [0, 0.1) is 20.4 Å². The van der Waals surface area contributed by atoms with Crippen LogP contribution in [0.15, 0.2) is 31.6 Å². The van der Waals surface area contributed by atoms with Crippen LogP contribution in [-0.4, -0.2) is 144 Å². The lowest BCUT2D eigenvalue weighted by atomic mass is 10.1. The number of H-pyrrole nitrogens is 2. The van der Waals surface area contributed by atoms with Crippen LogP contribution in [0.25, 0.3) is 4.85 Å². The Morgan fingerprint density at radius 1 is 0.814 bits per heavy atom. The summed E-state index contributed by atoms with van der Waals surface area (Å²) in [4.78, 5) is 56.0. The van der Waals surface area contributed by atoms with Crippen LogP contribution in [0.2, 0.25) is 0 Å². The number of methoxy groups -OCH3 is 2. The van der Waals surface area contributed by atoms with E-state index in [1.165, 1.54) is 35.7 Å². The average molecular weight is 893 g/mol. The van der Waals surface area contributed by atoms with Crippen LogP contribution in [0.1, 0.15) is 64.1 Å². The van der Waals surface area contributed by atoms with Crippen molar-refractivity contribution in [2.24, 2.45) is 0 Å². The first-order chi connectivity index (χ1) is 27.4. The summed E-state index contributed by atoms with van der Waals surface area (Å²) < 4.78 is 64.9. The molecule has 2 aromatic heterocycles. The molecule has 0 radical (unpaired) electrons.